The van der Waals surface area contributed by atoms with Gasteiger partial charge >= 0.3 is 0 Å². The molecule has 1 aliphatic carbocycles. The Morgan fingerprint density at radius 1 is 1.23 bits per heavy atom. The normalized spacial score (nSPS) is 40.5. The summed E-state index contributed by atoms with van der Waals surface area (Å²) < 4.78 is 6.06. The molecule has 2 rings (SSSR count). The molecule has 13 heavy (non-hydrogen) atoms. The van der Waals surface area contributed by atoms with E-state index < -0.39 is 0 Å². The minimum Gasteiger partial charge on any atom is -0.371 e. The van der Waals surface area contributed by atoms with Gasteiger partial charge in [-0.1, -0.05) is 31.9 Å². The number of allylic oxidation sites excluding steroid dienone is 1. The van der Waals surface area contributed by atoms with Crippen LogP contribution in [0.5, 0.6) is 0 Å². The fourth-order valence-electron chi connectivity index (χ4n) is 2.77. The zero-order chi connectivity index (χ0) is 9.15. The van der Waals surface area contributed by atoms with Crippen molar-refractivity contribution in [1.82, 2.24) is 0 Å². The van der Waals surface area contributed by atoms with Gasteiger partial charge in [-0.2, -0.15) is 0 Å². The summed E-state index contributed by atoms with van der Waals surface area (Å²) in [5.74, 6) is 0.765. The molecule has 0 radical (unpaired) electrons. The monoisotopic (exact) mass is 180 g/mol. The van der Waals surface area contributed by atoms with Gasteiger partial charge in [0.1, 0.15) is 0 Å². The summed E-state index contributed by atoms with van der Waals surface area (Å²) in [4.78, 5) is 0. The van der Waals surface area contributed by atoms with Gasteiger partial charge in [0.25, 0.3) is 0 Å². The molecule has 1 spiro atoms. The Balaban J connectivity index is 2.07. The second-order valence-corrected chi connectivity index (χ2v) is 4.53. The van der Waals surface area contributed by atoms with Crippen LogP contribution in [-0.2, 0) is 4.74 Å². The highest BCUT2D eigenvalue weighted by Crippen LogP contribution is 2.40. The van der Waals surface area contributed by atoms with E-state index in [0.717, 1.165) is 12.5 Å². The second-order valence-electron chi connectivity index (χ2n) is 4.53. The van der Waals surface area contributed by atoms with Crippen LogP contribution < -0.4 is 0 Å². The first-order valence-corrected chi connectivity index (χ1v) is 5.62. The summed E-state index contributed by atoms with van der Waals surface area (Å²) in [6, 6.07) is 0. The van der Waals surface area contributed by atoms with Crippen molar-refractivity contribution in [3.63, 3.8) is 0 Å². The summed E-state index contributed by atoms with van der Waals surface area (Å²) in [7, 11) is 0. The van der Waals surface area contributed by atoms with Crippen LogP contribution in [0.25, 0.3) is 0 Å². The molecule has 1 heteroatoms. The van der Waals surface area contributed by atoms with Gasteiger partial charge in [-0.3, -0.25) is 0 Å². The second kappa shape index (κ2) is 3.83. The van der Waals surface area contributed by atoms with Crippen LogP contribution in [0.2, 0.25) is 0 Å². The molecule has 0 aromatic heterocycles. The van der Waals surface area contributed by atoms with Crippen LogP contribution in [0, 0.1) is 5.92 Å². The molecule has 0 unspecified atom stereocenters. The highest BCUT2D eigenvalue weighted by atomic mass is 16.5. The quantitative estimate of drug-likeness (QED) is 0.520. The summed E-state index contributed by atoms with van der Waals surface area (Å²) in [6.07, 6.45) is 12.3. The van der Waals surface area contributed by atoms with Crippen molar-refractivity contribution in [3.05, 3.63) is 12.2 Å². The van der Waals surface area contributed by atoms with Crippen molar-refractivity contribution < 1.29 is 4.74 Å². The summed E-state index contributed by atoms with van der Waals surface area (Å²) in [5.41, 5.74) is 0.238. The van der Waals surface area contributed by atoms with Crippen molar-refractivity contribution in [2.24, 2.45) is 5.92 Å². The zero-order valence-electron chi connectivity index (χ0n) is 8.59. The molecule has 2 atom stereocenters. The third kappa shape index (κ3) is 1.80. The SMILES string of the molecule is C[C@@H]1CCCC[C@@]12CCC=CCO2. The first-order valence-electron chi connectivity index (χ1n) is 5.62. The lowest BCUT2D eigenvalue weighted by Crippen LogP contribution is -2.41. The molecule has 0 N–H and O–H groups in total. The molecule has 0 saturated heterocycles. The molecule has 1 saturated carbocycles. The van der Waals surface area contributed by atoms with Gasteiger partial charge in [0.15, 0.2) is 0 Å². The molecular formula is C12H20O. The van der Waals surface area contributed by atoms with Crippen molar-refractivity contribution in [2.75, 3.05) is 6.61 Å². The smallest absolute Gasteiger partial charge is 0.0715 e. The van der Waals surface area contributed by atoms with Crippen molar-refractivity contribution >= 4 is 0 Å². The Hall–Kier alpha value is -0.300. The van der Waals surface area contributed by atoms with E-state index in [1.165, 1.54) is 38.5 Å². The van der Waals surface area contributed by atoms with Crippen LogP contribution in [0.1, 0.15) is 45.4 Å². The highest BCUT2D eigenvalue weighted by molar-refractivity contribution is 4.96. The van der Waals surface area contributed by atoms with E-state index in [1.807, 2.05) is 0 Å². The van der Waals surface area contributed by atoms with Crippen molar-refractivity contribution in [2.45, 2.75) is 51.0 Å². The molecule has 1 aliphatic heterocycles. The van der Waals surface area contributed by atoms with Gasteiger partial charge in [-0.05, 0) is 31.6 Å². The van der Waals surface area contributed by atoms with E-state index >= 15 is 0 Å². The molecule has 1 heterocycles. The standard InChI is InChI=1S/C12H20O/c1-11-7-3-5-9-12(11)8-4-2-6-10-13-12/h2,6,11H,3-5,7-10H2,1H3/t11-,12+/m1/s1. The van der Waals surface area contributed by atoms with Crippen molar-refractivity contribution in [3.8, 4) is 0 Å². The molecule has 0 amide bonds. The lowest BCUT2D eigenvalue weighted by molar-refractivity contribution is -0.0949. The van der Waals surface area contributed by atoms with E-state index in [1.54, 1.807) is 0 Å². The highest BCUT2D eigenvalue weighted by Gasteiger charge is 2.38. The minimum atomic E-state index is 0.238. The Morgan fingerprint density at radius 3 is 3.00 bits per heavy atom. The maximum Gasteiger partial charge on any atom is 0.0715 e. The van der Waals surface area contributed by atoms with Gasteiger partial charge in [0.05, 0.1) is 12.2 Å². The van der Waals surface area contributed by atoms with Gasteiger partial charge in [-0.25, -0.2) is 0 Å². The molecule has 2 aliphatic rings. The number of hydrogen-bond acceptors (Lipinski definition) is 1. The van der Waals surface area contributed by atoms with Gasteiger partial charge < -0.3 is 4.74 Å². The zero-order valence-corrected chi connectivity index (χ0v) is 8.59. The molecule has 0 aromatic rings. The molecule has 0 aromatic carbocycles. The van der Waals surface area contributed by atoms with E-state index in [-0.39, 0.29) is 5.60 Å². The number of rotatable bonds is 0. The predicted octanol–water partition coefficient (Wildman–Crippen LogP) is 3.30. The van der Waals surface area contributed by atoms with Crippen LogP contribution in [0.4, 0.5) is 0 Å². The van der Waals surface area contributed by atoms with E-state index in [4.69, 9.17) is 4.74 Å². The summed E-state index contributed by atoms with van der Waals surface area (Å²) >= 11 is 0. The summed E-state index contributed by atoms with van der Waals surface area (Å²) in [6.45, 7) is 3.20. The average Bonchev–Trinajstić information content (AvgIpc) is 2.37. The van der Waals surface area contributed by atoms with E-state index in [2.05, 4.69) is 19.1 Å². The first-order chi connectivity index (χ1) is 6.33. The van der Waals surface area contributed by atoms with Gasteiger partial charge in [0, 0.05) is 0 Å². The maximum atomic E-state index is 6.06. The third-order valence-electron chi connectivity index (χ3n) is 3.75. The minimum absolute atomic E-state index is 0.238. The first kappa shape index (κ1) is 9.26. The largest absolute Gasteiger partial charge is 0.371 e. The van der Waals surface area contributed by atoms with Gasteiger partial charge in [-0.15, -0.1) is 0 Å². The Labute approximate surface area is 81.2 Å². The molecule has 0 bridgehead atoms. The number of ether oxygens (including phenoxy) is 1. The Bertz CT molecular complexity index is 185. The lowest BCUT2D eigenvalue weighted by Gasteiger charge is -2.41. The van der Waals surface area contributed by atoms with Crippen molar-refractivity contribution in [1.29, 1.82) is 0 Å². The van der Waals surface area contributed by atoms with Crippen LogP contribution in [0.15, 0.2) is 12.2 Å². The topological polar surface area (TPSA) is 9.23 Å². The maximum absolute atomic E-state index is 6.06. The molecule has 1 fully saturated rings. The fraction of sp³-hybridized carbons (Fsp3) is 0.833. The number of hydrogen-bond donors (Lipinski definition) is 0. The predicted molar refractivity (Wildman–Crippen MR) is 54.7 cm³/mol. The molecular weight excluding hydrogens is 160 g/mol. The van der Waals surface area contributed by atoms with Crippen LogP contribution >= 0.6 is 0 Å². The van der Waals surface area contributed by atoms with Gasteiger partial charge in [0.2, 0.25) is 0 Å². The molecule has 1 nitrogen and oxygen atoms in total. The third-order valence-corrected chi connectivity index (χ3v) is 3.75. The van der Waals surface area contributed by atoms with E-state index in [0.29, 0.717) is 0 Å². The lowest BCUT2D eigenvalue weighted by atomic mass is 9.74. The fourth-order valence-corrected chi connectivity index (χ4v) is 2.77. The molecule has 74 valence electrons. The van der Waals surface area contributed by atoms with Crippen LogP contribution in [-0.4, -0.2) is 12.2 Å². The summed E-state index contributed by atoms with van der Waals surface area (Å²) in [5, 5.41) is 0. The average molecular weight is 180 g/mol. The van der Waals surface area contributed by atoms with Crippen LogP contribution in [0.3, 0.4) is 0 Å². The van der Waals surface area contributed by atoms with E-state index in [9.17, 15) is 0 Å². The Kier molecular flexibility index (Phi) is 2.73. The Morgan fingerprint density at radius 2 is 2.15 bits per heavy atom.